The van der Waals surface area contributed by atoms with Crippen molar-refractivity contribution >= 4 is 11.9 Å². The summed E-state index contributed by atoms with van der Waals surface area (Å²) in [7, 11) is 0. The molecule has 0 aliphatic heterocycles. The molecule has 0 saturated heterocycles. The smallest absolute Gasteiger partial charge is 0.335 e. The molecule has 0 heterocycles. The lowest BCUT2D eigenvalue weighted by Gasteiger charge is -2.15. The lowest BCUT2D eigenvalue weighted by Crippen LogP contribution is -2.13. The van der Waals surface area contributed by atoms with Crippen LogP contribution in [0.2, 0.25) is 0 Å². The van der Waals surface area contributed by atoms with Gasteiger partial charge in [0.15, 0.2) is 0 Å². The van der Waals surface area contributed by atoms with E-state index in [4.69, 9.17) is 19.7 Å². The summed E-state index contributed by atoms with van der Waals surface area (Å²) in [6.45, 7) is 8.16. The van der Waals surface area contributed by atoms with E-state index in [2.05, 4.69) is 74.7 Å². The Morgan fingerprint density at radius 1 is 0.698 bits per heavy atom. The Bertz CT molecular complexity index is 1360. The number of ether oxygens (including phenoxy) is 2. The zero-order valence-corrected chi connectivity index (χ0v) is 24.9. The molecule has 0 amide bonds. The van der Waals surface area contributed by atoms with Crippen molar-refractivity contribution in [2.75, 3.05) is 33.1 Å². The van der Waals surface area contributed by atoms with Crippen LogP contribution in [0.15, 0.2) is 85.0 Å². The van der Waals surface area contributed by atoms with Gasteiger partial charge in [-0.2, -0.15) is 0 Å². The molecule has 0 aliphatic rings. The largest absolute Gasteiger partial charge is 0.462 e. The van der Waals surface area contributed by atoms with E-state index < -0.39 is 25.2 Å². The normalized spacial score (nSPS) is 10.8. The van der Waals surface area contributed by atoms with E-state index in [-0.39, 0.29) is 31.0 Å². The number of rotatable bonds is 17. The van der Waals surface area contributed by atoms with Crippen LogP contribution in [0.1, 0.15) is 42.0 Å². The predicted octanol–water partition coefficient (Wildman–Crippen LogP) is 6.14. The third kappa shape index (κ3) is 10.0. The van der Waals surface area contributed by atoms with Crippen LogP contribution in [-0.4, -0.2) is 55.3 Å². The van der Waals surface area contributed by atoms with Gasteiger partial charge >= 0.3 is 11.9 Å². The average Bonchev–Trinajstić information content (AvgIpc) is 3.03. The second-order valence-corrected chi connectivity index (χ2v) is 10.4. The van der Waals surface area contributed by atoms with Crippen molar-refractivity contribution in [2.45, 2.75) is 45.4 Å². The first-order chi connectivity index (χ1) is 20.8. The molecule has 0 spiro atoms. The van der Waals surface area contributed by atoms with Gasteiger partial charge < -0.3 is 19.7 Å². The summed E-state index contributed by atoms with van der Waals surface area (Å²) in [5.74, 6) is -1.27. The molecule has 0 aromatic heterocycles. The lowest BCUT2D eigenvalue weighted by molar-refractivity contribution is -0.140. The number of carbonyl (C=O) groups excluding carboxylic acids is 2. The summed E-state index contributed by atoms with van der Waals surface area (Å²) in [6, 6.07) is 21.0. The van der Waals surface area contributed by atoms with Crippen molar-refractivity contribution in [3.05, 3.63) is 107 Å². The van der Waals surface area contributed by atoms with Gasteiger partial charge in [0, 0.05) is 12.8 Å². The number of alkyl halides is 1. The third-order valence-corrected chi connectivity index (χ3v) is 7.19. The number of aryl methyl sites for hydroxylation is 2. The molecule has 3 aromatic rings. The fraction of sp³-hybridized carbons (Fsp3) is 0.333. The van der Waals surface area contributed by atoms with Gasteiger partial charge in [-0.1, -0.05) is 80.7 Å². The molecule has 0 aliphatic carbocycles. The third-order valence-electron chi connectivity index (χ3n) is 7.19. The highest BCUT2D eigenvalue weighted by Gasteiger charge is 2.13. The molecule has 3 aromatic carbocycles. The minimum absolute atomic E-state index is 0.000149. The molecule has 0 atom stereocenters. The molecule has 228 valence electrons. The molecule has 7 heteroatoms. The molecule has 0 fully saturated rings. The number of benzene rings is 3. The summed E-state index contributed by atoms with van der Waals surface area (Å²) in [6.07, 6.45) is 4.00. The monoisotopic (exact) mass is 588 g/mol. The van der Waals surface area contributed by atoms with Crippen molar-refractivity contribution in [3.63, 3.8) is 0 Å². The summed E-state index contributed by atoms with van der Waals surface area (Å²) in [5.41, 5.74) is 8.55. The summed E-state index contributed by atoms with van der Waals surface area (Å²) >= 11 is 0. The van der Waals surface area contributed by atoms with Gasteiger partial charge in [-0.15, -0.1) is 0 Å². The van der Waals surface area contributed by atoms with E-state index in [1.54, 1.807) is 0 Å². The Morgan fingerprint density at radius 2 is 1.26 bits per heavy atom. The van der Waals surface area contributed by atoms with Gasteiger partial charge in [0.2, 0.25) is 0 Å². The van der Waals surface area contributed by atoms with Gasteiger partial charge in [-0.05, 0) is 70.2 Å². The topological polar surface area (TPSA) is 93.1 Å². The van der Waals surface area contributed by atoms with Gasteiger partial charge in [0.1, 0.15) is 0 Å². The Morgan fingerprint density at radius 3 is 1.77 bits per heavy atom. The molecule has 3 rings (SSSR count). The molecular weight excluding hydrogens is 547 g/mol. The molecule has 0 saturated carbocycles. The Balaban J connectivity index is 1.86. The van der Waals surface area contributed by atoms with Crippen molar-refractivity contribution < 1.29 is 33.7 Å². The van der Waals surface area contributed by atoms with Crippen molar-refractivity contribution in [2.24, 2.45) is 0 Å². The first-order valence-corrected chi connectivity index (χ1v) is 14.6. The van der Waals surface area contributed by atoms with Crippen LogP contribution in [0.25, 0.3) is 22.3 Å². The van der Waals surface area contributed by atoms with Gasteiger partial charge in [-0.25, -0.2) is 9.59 Å². The van der Waals surface area contributed by atoms with E-state index in [0.717, 1.165) is 52.6 Å². The highest BCUT2D eigenvalue weighted by atomic mass is 19.1. The highest BCUT2D eigenvalue weighted by Crippen LogP contribution is 2.31. The number of hydrogen-bond donors (Lipinski definition) is 2. The van der Waals surface area contributed by atoms with Crippen LogP contribution in [0, 0.1) is 0 Å². The molecule has 0 bridgehead atoms. The van der Waals surface area contributed by atoms with Crippen LogP contribution in [0.3, 0.4) is 0 Å². The fourth-order valence-electron chi connectivity index (χ4n) is 4.70. The van der Waals surface area contributed by atoms with Crippen LogP contribution in [0.5, 0.6) is 0 Å². The second-order valence-electron chi connectivity index (χ2n) is 10.4. The lowest BCUT2D eigenvalue weighted by atomic mass is 9.91. The van der Waals surface area contributed by atoms with E-state index >= 15 is 0 Å². The van der Waals surface area contributed by atoms with E-state index in [0.29, 0.717) is 19.3 Å². The maximum absolute atomic E-state index is 12.4. The number of aliphatic hydroxyl groups is 2. The molecular formula is C36H41FO6. The summed E-state index contributed by atoms with van der Waals surface area (Å²) in [4.78, 5) is 23.9. The van der Waals surface area contributed by atoms with E-state index in [9.17, 15) is 14.0 Å². The van der Waals surface area contributed by atoms with E-state index in [1.165, 1.54) is 11.1 Å². The fourth-order valence-corrected chi connectivity index (χ4v) is 4.70. The predicted molar refractivity (Wildman–Crippen MR) is 167 cm³/mol. The molecule has 2 N–H and O–H groups in total. The van der Waals surface area contributed by atoms with E-state index in [1.807, 2.05) is 6.07 Å². The quantitative estimate of drug-likeness (QED) is 0.112. The second kappa shape index (κ2) is 17.1. The maximum Gasteiger partial charge on any atom is 0.335 e. The average molecular weight is 589 g/mol. The highest BCUT2D eigenvalue weighted by molar-refractivity contribution is 5.88. The van der Waals surface area contributed by atoms with Crippen molar-refractivity contribution in [3.8, 4) is 22.3 Å². The first kappa shape index (κ1) is 33.4. The zero-order valence-electron chi connectivity index (χ0n) is 24.9. The number of hydrogen-bond acceptors (Lipinski definition) is 6. The van der Waals surface area contributed by atoms with Crippen LogP contribution in [0.4, 0.5) is 4.39 Å². The minimum atomic E-state index is -0.633. The summed E-state index contributed by atoms with van der Waals surface area (Å²) in [5, 5.41) is 18.2. The minimum Gasteiger partial charge on any atom is -0.462 e. The number of esters is 2. The Labute approximate surface area is 253 Å². The number of aliphatic hydroxyl groups excluding tert-OH is 2. The Hall–Kier alpha value is -4.07. The number of unbranched alkanes of at least 4 members (excludes halogenated alkanes) is 1. The zero-order chi connectivity index (χ0) is 31.2. The van der Waals surface area contributed by atoms with Gasteiger partial charge in [-0.3, -0.25) is 4.39 Å². The Kier molecular flexibility index (Phi) is 13.3. The van der Waals surface area contributed by atoms with Crippen molar-refractivity contribution in [1.29, 1.82) is 0 Å². The van der Waals surface area contributed by atoms with Crippen molar-refractivity contribution in [1.82, 2.24) is 0 Å². The van der Waals surface area contributed by atoms with Gasteiger partial charge in [0.25, 0.3) is 0 Å². The summed E-state index contributed by atoms with van der Waals surface area (Å²) < 4.78 is 23.0. The molecule has 6 nitrogen and oxygen atoms in total. The van der Waals surface area contributed by atoms with Crippen LogP contribution < -0.4 is 0 Å². The SMILES string of the molecule is C=C(CO)C(=O)OCCc1cc(CCOC(=O)C(=C)CO)cc(-c2ccc(-c3ccc(CCCCF)cc3)cc2CC)c1. The number of carbonyl (C=O) groups is 2. The first-order valence-electron chi connectivity index (χ1n) is 14.6. The number of halogens is 1. The standard InChI is InChI=1S/C36H41FO6/c1-4-30-22-32(31-10-8-27(9-11-31)7-5-6-16-37)12-13-34(30)33-20-28(14-17-42-35(40)25(2)23-38)19-29(21-33)15-18-43-36(41)26(3)24-39/h8-13,19-22,38-39H,2-7,14-18,23-24H2,1H3. The van der Waals surface area contributed by atoms with Crippen LogP contribution in [-0.2, 0) is 44.7 Å². The molecule has 0 radical (unpaired) electrons. The van der Waals surface area contributed by atoms with Crippen LogP contribution >= 0.6 is 0 Å². The van der Waals surface area contributed by atoms with Gasteiger partial charge in [0.05, 0.1) is 44.2 Å². The molecule has 43 heavy (non-hydrogen) atoms. The maximum atomic E-state index is 12.4. The molecule has 0 unspecified atom stereocenters.